The second-order valence-electron chi connectivity index (χ2n) is 11.2. The van der Waals surface area contributed by atoms with Gasteiger partial charge in [0.2, 0.25) is 11.5 Å². The van der Waals surface area contributed by atoms with E-state index < -0.39 is 11.6 Å². The van der Waals surface area contributed by atoms with Crippen molar-refractivity contribution < 1.29 is 33.0 Å². The van der Waals surface area contributed by atoms with Gasteiger partial charge in [-0.2, -0.15) is 0 Å². The lowest BCUT2D eigenvalue weighted by Crippen LogP contribution is -2.63. The van der Waals surface area contributed by atoms with Gasteiger partial charge in [-0.25, -0.2) is 0 Å². The van der Waals surface area contributed by atoms with Crippen molar-refractivity contribution >= 4 is 17.0 Å². The van der Waals surface area contributed by atoms with Crippen LogP contribution in [-0.4, -0.2) is 102 Å². The van der Waals surface area contributed by atoms with Crippen LogP contribution in [0.2, 0.25) is 0 Å². The number of hydrogen-bond acceptors (Lipinski definition) is 7. The van der Waals surface area contributed by atoms with Gasteiger partial charge >= 0.3 is 0 Å². The van der Waals surface area contributed by atoms with E-state index in [1.807, 2.05) is 12.1 Å². The van der Waals surface area contributed by atoms with Crippen molar-refractivity contribution in [2.24, 2.45) is 11.7 Å². The number of carbonyl (C=O) groups excluding carboxylic acids is 1. The minimum absolute atomic E-state index is 0.00914. The summed E-state index contributed by atoms with van der Waals surface area (Å²) in [4.78, 5) is 14.3. The zero-order valence-corrected chi connectivity index (χ0v) is 21.6. The Morgan fingerprint density at radius 2 is 1.59 bits per heavy atom. The maximum atomic E-state index is 14.3. The predicted octanol–water partition coefficient (Wildman–Crippen LogP) is 1.76. The van der Waals surface area contributed by atoms with Crippen LogP contribution < -0.4 is 10.2 Å². The lowest BCUT2D eigenvalue weighted by molar-refractivity contribution is -0.900. The lowest BCUT2D eigenvalue weighted by Gasteiger charge is -2.49. The summed E-state index contributed by atoms with van der Waals surface area (Å²) in [6.45, 7) is 8.80. The molecule has 9 heteroatoms. The molecule has 2 atom stereocenters. The average molecular weight is 512 g/mol. The van der Waals surface area contributed by atoms with Crippen LogP contribution in [0.4, 0.5) is 5.69 Å². The molecule has 2 saturated heterocycles. The number of Topliss-reactive ketones (excluding diaryl/α,β-unsaturated/α-hetero) is 1. The highest BCUT2D eigenvalue weighted by Crippen LogP contribution is 2.57. The van der Waals surface area contributed by atoms with Gasteiger partial charge in [0.05, 0.1) is 65.4 Å². The molecular weight excluding hydrogens is 474 g/mol. The molecule has 5 heterocycles. The Balaban J connectivity index is 1.57. The number of ketones is 1. The Bertz CT molecular complexity index is 1200. The number of nitrogens with zero attached hydrogens (tertiary/aromatic N) is 2. The van der Waals surface area contributed by atoms with Gasteiger partial charge in [0, 0.05) is 24.0 Å². The fraction of sp³-hybridized carbons (Fsp3) is 0.607. The molecule has 2 unspecified atom stereocenters. The molecule has 0 radical (unpaired) electrons. The molecular formula is C28H37N3O6+2. The molecule has 0 amide bonds. The molecule has 8 rings (SSSR count). The van der Waals surface area contributed by atoms with Gasteiger partial charge in [0.1, 0.15) is 37.8 Å². The molecule has 2 N–H and O–H groups in total. The minimum Gasteiger partial charge on any atom is -0.490 e. The molecule has 5 aliphatic heterocycles. The highest BCUT2D eigenvalue weighted by atomic mass is 16.6. The quantitative estimate of drug-likeness (QED) is 0.575. The maximum absolute atomic E-state index is 14.3. The number of fused-ring (bicyclic) bond motifs is 3. The number of hydrogen-bond donors (Lipinski definition) is 1. The molecule has 37 heavy (non-hydrogen) atoms. The Labute approximate surface area is 217 Å². The topological polar surface area (TPSA) is 89.2 Å². The third-order valence-electron chi connectivity index (χ3n) is 9.48. The molecule has 1 aromatic carbocycles. The minimum atomic E-state index is -1.38. The van der Waals surface area contributed by atoms with Crippen molar-refractivity contribution in [2.45, 2.75) is 18.6 Å². The van der Waals surface area contributed by atoms with Gasteiger partial charge in [0.25, 0.3) is 0 Å². The molecule has 0 saturated carbocycles. The second kappa shape index (κ2) is 8.62. The summed E-state index contributed by atoms with van der Waals surface area (Å²) in [7, 11) is 1.72. The van der Waals surface area contributed by atoms with Crippen LogP contribution in [0.5, 0.6) is 0 Å². The molecule has 2 fully saturated rings. The predicted molar refractivity (Wildman–Crippen MR) is 136 cm³/mol. The molecule has 6 bridgehead atoms. The van der Waals surface area contributed by atoms with E-state index in [9.17, 15) is 4.79 Å². The Morgan fingerprint density at radius 1 is 0.919 bits per heavy atom. The Kier molecular flexibility index (Phi) is 5.55. The first-order valence-corrected chi connectivity index (χ1v) is 13.7. The lowest BCUT2D eigenvalue weighted by atomic mass is 9.79. The molecule has 2 spiro atoms. The van der Waals surface area contributed by atoms with Gasteiger partial charge in [0.15, 0.2) is 17.3 Å². The zero-order chi connectivity index (χ0) is 25.3. The molecule has 9 nitrogen and oxygen atoms in total. The Hall–Kier alpha value is -2.27. The highest BCUT2D eigenvalue weighted by Gasteiger charge is 2.63. The van der Waals surface area contributed by atoms with Crippen molar-refractivity contribution in [3.05, 3.63) is 46.5 Å². The van der Waals surface area contributed by atoms with Crippen molar-refractivity contribution in [3.8, 4) is 0 Å². The van der Waals surface area contributed by atoms with Gasteiger partial charge in [-0.05, 0) is 6.07 Å². The second-order valence-corrected chi connectivity index (χ2v) is 11.2. The van der Waals surface area contributed by atoms with Crippen LogP contribution >= 0.6 is 0 Å². The first-order valence-electron chi connectivity index (χ1n) is 13.7. The number of quaternary nitrogens is 2. The monoisotopic (exact) mass is 511 g/mol. The molecule has 7 aliphatic rings. The van der Waals surface area contributed by atoms with E-state index in [0.29, 0.717) is 55.4 Å². The van der Waals surface area contributed by atoms with E-state index in [0.717, 1.165) is 79.2 Å². The number of rotatable bonds is 1. The summed E-state index contributed by atoms with van der Waals surface area (Å²) >= 11 is 0. The fourth-order valence-electron chi connectivity index (χ4n) is 7.70. The maximum Gasteiger partial charge on any atom is 0.218 e. The van der Waals surface area contributed by atoms with E-state index in [1.54, 1.807) is 7.11 Å². The van der Waals surface area contributed by atoms with E-state index >= 15 is 0 Å². The van der Waals surface area contributed by atoms with Crippen molar-refractivity contribution in [3.63, 3.8) is 0 Å². The van der Waals surface area contributed by atoms with Crippen LogP contribution in [0.15, 0.2) is 35.4 Å². The number of ether oxygens (including phenoxy) is 5. The Morgan fingerprint density at radius 3 is 2.32 bits per heavy atom. The summed E-state index contributed by atoms with van der Waals surface area (Å²) in [5, 5.41) is 0. The molecule has 1 aromatic rings. The average Bonchev–Trinajstić information content (AvgIpc) is 3.22. The van der Waals surface area contributed by atoms with Crippen LogP contribution in [0.25, 0.3) is 5.57 Å². The van der Waals surface area contributed by atoms with Gasteiger partial charge < -0.3 is 23.7 Å². The van der Waals surface area contributed by atoms with E-state index in [2.05, 4.69) is 6.07 Å². The SMILES string of the molecule is COC1=C2c3c4cccc3[N+]3(CCCOC5=C1[N+]1(CCCOC5(N)C2C4=O)CCOCC1)CCOCC3. The fourth-order valence-corrected chi connectivity index (χ4v) is 7.70. The molecule has 198 valence electrons. The van der Waals surface area contributed by atoms with Crippen molar-refractivity contribution in [2.75, 3.05) is 86.0 Å². The van der Waals surface area contributed by atoms with Gasteiger partial charge in [-0.1, -0.05) is 12.1 Å². The summed E-state index contributed by atoms with van der Waals surface area (Å²) in [6, 6.07) is 6.17. The standard InChI is InChI=1S/C28H37N3O6/c1-33-26-22-21-19-5-2-6-20(21)30(9-15-34-16-10-30)7-3-13-36-27-24(26)31(11-17-35-18-12-31)8-4-14-37-28(27,29)23(22)25(19)32/h2,5-6,23H,3-4,7-18,29H2,1H3/q+2. The van der Waals surface area contributed by atoms with Gasteiger partial charge in [-0.3, -0.25) is 19.5 Å². The largest absolute Gasteiger partial charge is 0.490 e. The first kappa shape index (κ1) is 23.8. The summed E-state index contributed by atoms with van der Waals surface area (Å²) in [6.07, 6.45) is 1.69. The van der Waals surface area contributed by atoms with Crippen LogP contribution in [0.1, 0.15) is 28.8 Å². The van der Waals surface area contributed by atoms with Gasteiger partial charge in [-0.15, -0.1) is 0 Å². The molecule has 0 aromatic heterocycles. The van der Waals surface area contributed by atoms with Crippen LogP contribution in [0.3, 0.4) is 0 Å². The van der Waals surface area contributed by atoms with Crippen LogP contribution in [0, 0.1) is 5.92 Å². The van der Waals surface area contributed by atoms with E-state index in [4.69, 9.17) is 29.4 Å². The first-order chi connectivity index (χ1) is 18.0. The van der Waals surface area contributed by atoms with E-state index in [1.165, 1.54) is 5.69 Å². The normalized spacial score (nSPS) is 32.2. The third kappa shape index (κ3) is 3.22. The molecule has 2 aliphatic carbocycles. The summed E-state index contributed by atoms with van der Waals surface area (Å²) in [5.41, 5.74) is 10.6. The number of benzene rings is 1. The van der Waals surface area contributed by atoms with E-state index in [-0.39, 0.29) is 5.78 Å². The van der Waals surface area contributed by atoms with Crippen molar-refractivity contribution in [1.29, 1.82) is 0 Å². The number of nitrogens with two attached hydrogens (primary N) is 1. The summed E-state index contributed by atoms with van der Waals surface area (Å²) < 4.78 is 32.6. The highest BCUT2D eigenvalue weighted by molar-refractivity contribution is 6.18. The zero-order valence-electron chi connectivity index (χ0n) is 21.6. The van der Waals surface area contributed by atoms with Crippen molar-refractivity contribution in [1.82, 2.24) is 4.48 Å². The number of carbonyl (C=O) groups is 1. The third-order valence-corrected chi connectivity index (χ3v) is 9.48. The number of morpholine rings is 2. The summed E-state index contributed by atoms with van der Waals surface area (Å²) in [5.74, 6) is 0.597. The van der Waals surface area contributed by atoms with Crippen LogP contribution in [-0.2, 0) is 23.7 Å². The smallest absolute Gasteiger partial charge is 0.218 e. The number of methoxy groups -OCH3 is 1.